The number of nitrogens with zero attached hydrogens (tertiary/aromatic N) is 6. The lowest BCUT2D eigenvalue weighted by Gasteiger charge is -2.38. The van der Waals surface area contributed by atoms with Crippen molar-refractivity contribution in [2.24, 2.45) is 0 Å². The molecule has 9 nitrogen and oxygen atoms in total. The van der Waals surface area contributed by atoms with E-state index in [4.69, 9.17) is 4.98 Å². The molecule has 1 spiro atoms. The van der Waals surface area contributed by atoms with E-state index in [-0.39, 0.29) is 38.4 Å². The summed E-state index contributed by atoms with van der Waals surface area (Å²) in [6, 6.07) is 9.45. The minimum Gasteiger partial charge on any atom is -0.304 e. The summed E-state index contributed by atoms with van der Waals surface area (Å²) >= 11 is 0. The van der Waals surface area contributed by atoms with E-state index >= 15 is 0 Å². The number of aromatic nitrogens is 4. The van der Waals surface area contributed by atoms with Crippen LogP contribution in [0.3, 0.4) is 0 Å². The maximum absolute atomic E-state index is 14.1. The van der Waals surface area contributed by atoms with Crippen LogP contribution in [-0.2, 0) is 26.8 Å². The van der Waals surface area contributed by atoms with Gasteiger partial charge in [-0.25, -0.2) is 22.7 Å². The van der Waals surface area contributed by atoms with Crippen molar-refractivity contribution in [1.82, 2.24) is 24.2 Å². The molecule has 40 heavy (non-hydrogen) atoms. The fourth-order valence-corrected chi connectivity index (χ4v) is 7.13. The first-order valence-corrected chi connectivity index (χ1v) is 14.1. The van der Waals surface area contributed by atoms with Gasteiger partial charge in [-0.3, -0.25) is 14.8 Å². The van der Waals surface area contributed by atoms with Crippen LogP contribution in [0.1, 0.15) is 24.1 Å². The van der Waals surface area contributed by atoms with Crippen molar-refractivity contribution in [3.63, 3.8) is 0 Å². The molecule has 4 aromatic rings. The third-order valence-corrected chi connectivity index (χ3v) is 9.46. The number of anilines is 1. The second-order valence-electron chi connectivity index (χ2n) is 9.93. The summed E-state index contributed by atoms with van der Waals surface area (Å²) in [5, 5.41) is 1.82. The monoisotopic (exact) mass is 568 g/mol. The van der Waals surface area contributed by atoms with E-state index in [9.17, 15) is 26.4 Å². The number of benzene rings is 1. The highest BCUT2D eigenvalue weighted by atomic mass is 32.2. The van der Waals surface area contributed by atoms with E-state index in [1.807, 2.05) is 24.3 Å². The van der Waals surface area contributed by atoms with Crippen LogP contribution >= 0.6 is 0 Å². The fraction of sp³-hybridized carbons (Fsp3) is 0.296. The Bertz CT molecular complexity index is 1710. The average Bonchev–Trinajstić information content (AvgIpc) is 3.15. The van der Waals surface area contributed by atoms with Crippen LogP contribution in [-0.4, -0.2) is 63.6 Å². The highest BCUT2D eigenvalue weighted by Gasteiger charge is 2.54. The maximum Gasteiger partial charge on any atom is 0.404 e. The van der Waals surface area contributed by atoms with Gasteiger partial charge in [0.15, 0.2) is 5.75 Å². The van der Waals surface area contributed by atoms with Crippen molar-refractivity contribution >= 4 is 32.4 Å². The average molecular weight is 569 g/mol. The Morgan fingerprint density at radius 3 is 2.40 bits per heavy atom. The summed E-state index contributed by atoms with van der Waals surface area (Å²) in [5.41, 5.74) is 2.31. The Hall–Kier alpha value is -3.97. The zero-order valence-corrected chi connectivity index (χ0v) is 21.9. The first-order valence-electron chi connectivity index (χ1n) is 12.5. The second-order valence-corrected chi connectivity index (χ2v) is 11.9. The van der Waals surface area contributed by atoms with E-state index in [2.05, 4.69) is 15.0 Å². The zero-order chi connectivity index (χ0) is 28.1. The van der Waals surface area contributed by atoms with Crippen LogP contribution < -0.4 is 4.90 Å². The molecule has 206 valence electrons. The third-order valence-electron chi connectivity index (χ3n) is 7.61. The van der Waals surface area contributed by atoms with E-state index in [1.165, 1.54) is 6.33 Å². The number of alkyl halides is 3. The van der Waals surface area contributed by atoms with Gasteiger partial charge in [-0.1, -0.05) is 24.3 Å². The SMILES string of the molecule is O=C1N(Cc2ncc3ccccc3c2-c2cncnc2)c2cnccc2C12CCN(S(=O)(=O)CC(F)(F)F)CC2. The lowest BCUT2D eigenvalue weighted by molar-refractivity contribution is -0.124. The number of hydrogen-bond acceptors (Lipinski definition) is 7. The van der Waals surface area contributed by atoms with Crippen molar-refractivity contribution in [2.75, 3.05) is 23.7 Å². The number of carbonyl (C=O) groups excluding carboxylic acids is 1. The Labute approximate surface area is 227 Å². The van der Waals surface area contributed by atoms with Crippen LogP contribution in [0, 0.1) is 0 Å². The van der Waals surface area contributed by atoms with Crippen LogP contribution in [0.25, 0.3) is 21.9 Å². The van der Waals surface area contributed by atoms with Gasteiger partial charge in [0.1, 0.15) is 6.33 Å². The normalized spacial score (nSPS) is 17.5. The number of carbonyl (C=O) groups is 1. The summed E-state index contributed by atoms with van der Waals surface area (Å²) in [7, 11) is -4.55. The number of halogens is 3. The van der Waals surface area contributed by atoms with Crippen LogP contribution in [0.5, 0.6) is 0 Å². The molecule has 6 rings (SSSR count). The largest absolute Gasteiger partial charge is 0.404 e. The quantitative estimate of drug-likeness (QED) is 0.360. The minimum absolute atomic E-state index is 0.0565. The molecular weight excluding hydrogens is 545 g/mol. The minimum atomic E-state index is -4.85. The Morgan fingerprint density at radius 2 is 1.68 bits per heavy atom. The smallest absolute Gasteiger partial charge is 0.304 e. The van der Waals surface area contributed by atoms with Crippen molar-refractivity contribution in [2.45, 2.75) is 31.0 Å². The predicted molar refractivity (Wildman–Crippen MR) is 141 cm³/mol. The van der Waals surface area contributed by atoms with Gasteiger partial charge in [0.05, 0.1) is 29.5 Å². The summed E-state index contributed by atoms with van der Waals surface area (Å²) in [5.74, 6) is -2.18. The highest BCUT2D eigenvalue weighted by molar-refractivity contribution is 7.89. The van der Waals surface area contributed by atoms with E-state index in [0.717, 1.165) is 26.2 Å². The summed E-state index contributed by atoms with van der Waals surface area (Å²) in [6.45, 7) is -0.286. The molecular formula is C27H23F3N6O3S. The van der Waals surface area contributed by atoms with E-state index < -0.39 is 27.4 Å². The number of amides is 1. The summed E-state index contributed by atoms with van der Waals surface area (Å²) < 4.78 is 64.3. The lowest BCUT2D eigenvalue weighted by Crippen LogP contribution is -2.51. The maximum atomic E-state index is 14.1. The molecule has 13 heteroatoms. The topological polar surface area (TPSA) is 109 Å². The van der Waals surface area contributed by atoms with Crippen molar-refractivity contribution < 1.29 is 26.4 Å². The Balaban J connectivity index is 1.36. The van der Waals surface area contributed by atoms with Gasteiger partial charge in [-0.15, -0.1) is 0 Å². The molecule has 0 aliphatic carbocycles. The van der Waals surface area contributed by atoms with Gasteiger partial charge in [0.25, 0.3) is 0 Å². The van der Waals surface area contributed by atoms with Gasteiger partial charge in [-0.05, 0) is 29.9 Å². The van der Waals surface area contributed by atoms with E-state index in [1.54, 1.807) is 42.0 Å². The first kappa shape index (κ1) is 26.3. The van der Waals surface area contributed by atoms with Crippen LogP contribution in [0.15, 0.2) is 67.6 Å². The van der Waals surface area contributed by atoms with Crippen molar-refractivity contribution in [3.05, 3.63) is 78.9 Å². The summed E-state index contributed by atoms with van der Waals surface area (Å²) in [4.78, 5) is 33.0. The van der Waals surface area contributed by atoms with Gasteiger partial charge in [-0.2, -0.15) is 13.2 Å². The number of sulfonamides is 1. The molecule has 0 N–H and O–H groups in total. The number of piperidine rings is 1. The molecule has 1 saturated heterocycles. The Morgan fingerprint density at radius 1 is 0.950 bits per heavy atom. The van der Waals surface area contributed by atoms with E-state index in [0.29, 0.717) is 16.9 Å². The molecule has 1 amide bonds. The van der Waals surface area contributed by atoms with Gasteiger partial charge in [0.2, 0.25) is 15.9 Å². The van der Waals surface area contributed by atoms with Gasteiger partial charge in [0, 0.05) is 54.4 Å². The number of rotatable bonds is 5. The molecule has 0 atom stereocenters. The molecule has 0 saturated carbocycles. The fourth-order valence-electron chi connectivity index (χ4n) is 5.80. The van der Waals surface area contributed by atoms with Gasteiger partial charge >= 0.3 is 6.18 Å². The molecule has 5 heterocycles. The third kappa shape index (κ3) is 4.48. The molecule has 2 aliphatic heterocycles. The second kappa shape index (κ2) is 9.59. The molecule has 1 fully saturated rings. The molecule has 0 unspecified atom stereocenters. The number of hydrogen-bond donors (Lipinski definition) is 0. The first-order chi connectivity index (χ1) is 19.1. The summed E-state index contributed by atoms with van der Waals surface area (Å²) in [6.07, 6.45) is 4.94. The standard InChI is InChI=1S/C27H23F3N6O3S/c28-27(29,30)16-40(38,39)35-9-6-26(7-10-35)21-5-8-31-14-23(21)36(25(26)37)15-22-24(19-11-32-17-33-12-19)20-4-2-1-3-18(20)13-34-22/h1-5,8,11-14,17H,6-7,9-10,15-16H2. The van der Waals surface area contributed by atoms with Crippen molar-refractivity contribution in [1.29, 1.82) is 0 Å². The number of pyridine rings is 2. The van der Waals surface area contributed by atoms with Crippen molar-refractivity contribution in [3.8, 4) is 11.1 Å². The Kier molecular flexibility index (Phi) is 6.30. The molecule has 0 bridgehead atoms. The predicted octanol–water partition coefficient (Wildman–Crippen LogP) is 3.86. The molecule has 2 aliphatic rings. The van der Waals surface area contributed by atoms with Crippen LogP contribution in [0.4, 0.5) is 18.9 Å². The molecule has 3 aromatic heterocycles. The number of fused-ring (bicyclic) bond motifs is 3. The van der Waals surface area contributed by atoms with Crippen LogP contribution in [0.2, 0.25) is 0 Å². The molecule has 1 aromatic carbocycles. The highest BCUT2D eigenvalue weighted by Crippen LogP contribution is 2.49. The lowest BCUT2D eigenvalue weighted by atomic mass is 9.74. The molecule has 0 radical (unpaired) electrons. The van der Waals surface area contributed by atoms with Gasteiger partial charge < -0.3 is 4.90 Å². The zero-order valence-electron chi connectivity index (χ0n) is 21.0.